The molecule has 104 valence electrons. The molecule has 2 atom stereocenters. The Kier molecular flexibility index (Phi) is 4.00. The van der Waals surface area contributed by atoms with Crippen LogP contribution in [0.4, 0.5) is 0 Å². The molecule has 0 bridgehead atoms. The van der Waals surface area contributed by atoms with E-state index in [1.807, 2.05) is 18.2 Å². The monoisotopic (exact) mass is 270 g/mol. The lowest BCUT2D eigenvalue weighted by Gasteiger charge is -2.11. The zero-order valence-electron chi connectivity index (χ0n) is 11.2. The van der Waals surface area contributed by atoms with Crippen molar-refractivity contribution in [2.24, 2.45) is 0 Å². The predicted octanol–water partition coefficient (Wildman–Crippen LogP) is 3.44. The van der Waals surface area contributed by atoms with Gasteiger partial charge in [-0.25, -0.2) is 0 Å². The molecule has 1 aliphatic heterocycles. The molecule has 1 heterocycles. The summed E-state index contributed by atoms with van der Waals surface area (Å²) >= 11 is 0. The molecular weight excluding hydrogens is 252 g/mol. The van der Waals surface area contributed by atoms with Crippen LogP contribution in [0.1, 0.15) is 23.8 Å². The Morgan fingerprint density at radius 1 is 1.00 bits per heavy atom. The van der Waals surface area contributed by atoms with E-state index in [1.54, 1.807) is 12.1 Å². The highest BCUT2D eigenvalue weighted by atomic mass is 16.7. The van der Waals surface area contributed by atoms with E-state index >= 15 is 0 Å². The molecule has 3 nitrogen and oxygen atoms in total. The molecule has 2 aromatic carbocycles. The van der Waals surface area contributed by atoms with Crippen LogP contribution < -0.4 is 0 Å². The number of hydrogen-bond donors (Lipinski definition) is 1. The standard InChI is InChI=1S/C17H18O3/c18-15-9-7-14(8-10-15)17-19-12-16(20-17)11-6-13-4-2-1-3-5-13/h1-5,7-10,16-18H,6,11-12H2. The Bertz CT molecular complexity index is 536. The van der Waals surface area contributed by atoms with Crippen LogP contribution in [0.15, 0.2) is 54.6 Å². The number of ether oxygens (including phenoxy) is 2. The molecule has 0 amide bonds. The number of aryl methyl sites for hydroxylation is 1. The van der Waals surface area contributed by atoms with Gasteiger partial charge in [-0.1, -0.05) is 42.5 Å². The van der Waals surface area contributed by atoms with Crippen molar-refractivity contribution in [3.63, 3.8) is 0 Å². The fraction of sp³-hybridized carbons (Fsp3) is 0.294. The minimum absolute atomic E-state index is 0.133. The molecule has 20 heavy (non-hydrogen) atoms. The summed E-state index contributed by atoms with van der Waals surface area (Å²) in [6.45, 7) is 0.623. The number of aromatic hydroxyl groups is 1. The third-order valence-corrected chi connectivity index (χ3v) is 3.51. The van der Waals surface area contributed by atoms with Gasteiger partial charge in [-0.15, -0.1) is 0 Å². The van der Waals surface area contributed by atoms with E-state index in [0.29, 0.717) is 6.61 Å². The molecular formula is C17H18O3. The van der Waals surface area contributed by atoms with Gasteiger partial charge in [0.05, 0.1) is 12.7 Å². The first kappa shape index (κ1) is 13.2. The number of phenolic OH excluding ortho intramolecular Hbond substituents is 1. The van der Waals surface area contributed by atoms with E-state index < -0.39 is 0 Å². The van der Waals surface area contributed by atoms with Gasteiger partial charge in [-0.2, -0.15) is 0 Å². The maximum Gasteiger partial charge on any atom is 0.184 e. The van der Waals surface area contributed by atoms with Gasteiger partial charge in [0, 0.05) is 5.56 Å². The van der Waals surface area contributed by atoms with Crippen molar-refractivity contribution in [2.45, 2.75) is 25.2 Å². The molecule has 1 fully saturated rings. The summed E-state index contributed by atoms with van der Waals surface area (Å²) in [7, 11) is 0. The molecule has 0 radical (unpaired) electrons. The minimum atomic E-state index is -0.309. The van der Waals surface area contributed by atoms with E-state index in [4.69, 9.17) is 9.47 Å². The van der Waals surface area contributed by atoms with Crippen LogP contribution in [0.5, 0.6) is 5.75 Å². The average Bonchev–Trinajstić information content (AvgIpc) is 2.96. The summed E-state index contributed by atoms with van der Waals surface area (Å²) in [5.41, 5.74) is 2.27. The molecule has 3 rings (SSSR count). The van der Waals surface area contributed by atoms with Crippen molar-refractivity contribution < 1.29 is 14.6 Å². The summed E-state index contributed by atoms with van der Waals surface area (Å²) in [4.78, 5) is 0. The van der Waals surface area contributed by atoms with Gasteiger partial charge in [-0.05, 0) is 30.5 Å². The minimum Gasteiger partial charge on any atom is -0.508 e. The highest BCUT2D eigenvalue weighted by molar-refractivity contribution is 5.26. The third kappa shape index (κ3) is 3.18. The van der Waals surface area contributed by atoms with Crippen LogP contribution in [0.2, 0.25) is 0 Å². The van der Waals surface area contributed by atoms with Crippen LogP contribution in [0.25, 0.3) is 0 Å². The Morgan fingerprint density at radius 3 is 2.50 bits per heavy atom. The summed E-state index contributed by atoms with van der Waals surface area (Å²) < 4.78 is 11.6. The van der Waals surface area contributed by atoms with Crippen molar-refractivity contribution in [3.8, 4) is 5.75 Å². The lowest BCUT2D eigenvalue weighted by Crippen LogP contribution is -2.10. The van der Waals surface area contributed by atoms with Crippen LogP contribution in [0, 0.1) is 0 Å². The van der Waals surface area contributed by atoms with Crippen molar-refractivity contribution in [3.05, 3.63) is 65.7 Å². The van der Waals surface area contributed by atoms with E-state index in [-0.39, 0.29) is 18.1 Å². The summed E-state index contributed by atoms with van der Waals surface area (Å²) in [6, 6.07) is 17.4. The van der Waals surface area contributed by atoms with Crippen LogP contribution in [-0.4, -0.2) is 17.8 Å². The predicted molar refractivity (Wildman–Crippen MR) is 76.4 cm³/mol. The second-order valence-electron chi connectivity index (χ2n) is 5.04. The topological polar surface area (TPSA) is 38.7 Å². The van der Waals surface area contributed by atoms with Gasteiger partial charge < -0.3 is 14.6 Å². The fourth-order valence-corrected chi connectivity index (χ4v) is 2.38. The van der Waals surface area contributed by atoms with Gasteiger partial charge in [0.15, 0.2) is 6.29 Å². The number of phenols is 1. The molecule has 0 aliphatic carbocycles. The van der Waals surface area contributed by atoms with Crippen molar-refractivity contribution >= 4 is 0 Å². The van der Waals surface area contributed by atoms with Gasteiger partial charge in [0.25, 0.3) is 0 Å². The summed E-state index contributed by atoms with van der Waals surface area (Å²) in [6.07, 6.45) is 1.78. The zero-order valence-corrected chi connectivity index (χ0v) is 11.2. The van der Waals surface area contributed by atoms with Crippen molar-refractivity contribution in [1.29, 1.82) is 0 Å². The van der Waals surface area contributed by atoms with Crippen molar-refractivity contribution in [1.82, 2.24) is 0 Å². The summed E-state index contributed by atoms with van der Waals surface area (Å²) in [5.74, 6) is 0.257. The first-order chi connectivity index (χ1) is 9.81. The van der Waals surface area contributed by atoms with Crippen LogP contribution >= 0.6 is 0 Å². The first-order valence-electron chi connectivity index (χ1n) is 6.91. The Morgan fingerprint density at radius 2 is 1.75 bits per heavy atom. The second kappa shape index (κ2) is 6.07. The van der Waals surface area contributed by atoms with Crippen LogP contribution in [0.3, 0.4) is 0 Å². The lowest BCUT2D eigenvalue weighted by atomic mass is 10.1. The highest BCUT2D eigenvalue weighted by Gasteiger charge is 2.26. The molecule has 2 unspecified atom stereocenters. The molecule has 0 spiro atoms. The Balaban J connectivity index is 1.53. The average molecular weight is 270 g/mol. The molecule has 1 N–H and O–H groups in total. The smallest absolute Gasteiger partial charge is 0.184 e. The van der Waals surface area contributed by atoms with Crippen LogP contribution in [-0.2, 0) is 15.9 Å². The second-order valence-corrected chi connectivity index (χ2v) is 5.04. The fourth-order valence-electron chi connectivity index (χ4n) is 2.38. The molecule has 0 aromatic heterocycles. The molecule has 3 heteroatoms. The maximum absolute atomic E-state index is 9.28. The molecule has 1 saturated heterocycles. The van der Waals surface area contributed by atoms with E-state index in [2.05, 4.69) is 24.3 Å². The molecule has 0 saturated carbocycles. The van der Waals surface area contributed by atoms with Gasteiger partial charge in [-0.3, -0.25) is 0 Å². The number of rotatable bonds is 4. The maximum atomic E-state index is 9.28. The summed E-state index contributed by atoms with van der Waals surface area (Å²) in [5, 5.41) is 9.28. The van der Waals surface area contributed by atoms with Gasteiger partial charge >= 0.3 is 0 Å². The highest BCUT2D eigenvalue weighted by Crippen LogP contribution is 2.29. The van der Waals surface area contributed by atoms with E-state index in [1.165, 1.54) is 5.56 Å². The SMILES string of the molecule is Oc1ccc(C2OCC(CCc3ccccc3)O2)cc1. The normalized spacial score (nSPS) is 22.0. The lowest BCUT2D eigenvalue weighted by molar-refractivity contribution is -0.0610. The number of benzene rings is 2. The third-order valence-electron chi connectivity index (χ3n) is 3.51. The van der Waals surface area contributed by atoms with Gasteiger partial charge in [0.2, 0.25) is 0 Å². The number of hydrogen-bond acceptors (Lipinski definition) is 3. The van der Waals surface area contributed by atoms with Crippen molar-refractivity contribution in [2.75, 3.05) is 6.61 Å². The first-order valence-corrected chi connectivity index (χ1v) is 6.91. The molecule has 2 aromatic rings. The van der Waals surface area contributed by atoms with E-state index in [0.717, 1.165) is 18.4 Å². The van der Waals surface area contributed by atoms with E-state index in [9.17, 15) is 5.11 Å². The van der Waals surface area contributed by atoms with Gasteiger partial charge in [0.1, 0.15) is 5.75 Å². The molecule has 1 aliphatic rings. The zero-order chi connectivity index (χ0) is 13.8. The Labute approximate surface area is 118 Å². The Hall–Kier alpha value is -1.84. The largest absolute Gasteiger partial charge is 0.508 e. The quantitative estimate of drug-likeness (QED) is 0.925.